The van der Waals surface area contributed by atoms with Gasteiger partial charge in [-0.3, -0.25) is 9.48 Å². The molecule has 3 aromatic rings. The Labute approximate surface area is 176 Å². The highest BCUT2D eigenvalue weighted by molar-refractivity contribution is 5.90. The van der Waals surface area contributed by atoms with Crippen molar-refractivity contribution >= 4 is 18.0 Å². The molecule has 6 nitrogen and oxygen atoms in total. The summed E-state index contributed by atoms with van der Waals surface area (Å²) in [4.78, 5) is 24.1. The van der Waals surface area contributed by atoms with Crippen molar-refractivity contribution < 1.29 is 14.3 Å². The maximum atomic E-state index is 12.1. The summed E-state index contributed by atoms with van der Waals surface area (Å²) in [6.45, 7) is 2.70. The molecule has 1 amide bonds. The van der Waals surface area contributed by atoms with Gasteiger partial charge in [-0.2, -0.15) is 5.10 Å². The number of aromatic nitrogens is 2. The zero-order valence-electron chi connectivity index (χ0n) is 16.9. The number of benzene rings is 2. The fourth-order valence-electron chi connectivity index (χ4n) is 2.87. The first-order valence-corrected chi connectivity index (χ1v) is 9.87. The molecule has 0 fully saturated rings. The molecule has 6 heteroatoms. The highest BCUT2D eigenvalue weighted by Gasteiger charge is 2.15. The lowest BCUT2D eigenvalue weighted by molar-refractivity contribution is -0.150. The van der Waals surface area contributed by atoms with E-state index in [2.05, 4.69) is 10.4 Å². The molecule has 0 bridgehead atoms. The fraction of sp³-hybridized carbons (Fsp3) is 0.208. The lowest BCUT2D eigenvalue weighted by Crippen LogP contribution is -2.36. The standard InChI is InChI=1S/C24H25N3O3/c1-19(24(29)25-15-14-20-8-4-2-5-9-20)30-23(28)13-12-22-16-26-27(18-22)17-21-10-6-3-7-11-21/h2-13,16,18-19H,14-15,17H2,1H3,(H,25,29)/b13-12+/t19-/m0/s1. The maximum Gasteiger partial charge on any atom is 0.331 e. The number of hydrogen-bond donors (Lipinski definition) is 1. The minimum absolute atomic E-state index is 0.316. The monoisotopic (exact) mass is 403 g/mol. The molecule has 0 saturated carbocycles. The van der Waals surface area contributed by atoms with E-state index in [0.717, 1.165) is 23.1 Å². The van der Waals surface area contributed by atoms with Crippen molar-refractivity contribution in [1.29, 1.82) is 0 Å². The minimum atomic E-state index is -0.862. The van der Waals surface area contributed by atoms with Crippen LogP contribution in [0.25, 0.3) is 6.08 Å². The Morgan fingerprint density at radius 3 is 2.43 bits per heavy atom. The van der Waals surface area contributed by atoms with E-state index in [1.165, 1.54) is 6.08 Å². The highest BCUT2D eigenvalue weighted by atomic mass is 16.5. The van der Waals surface area contributed by atoms with E-state index in [1.54, 1.807) is 23.9 Å². The van der Waals surface area contributed by atoms with E-state index in [1.807, 2.05) is 66.9 Å². The zero-order chi connectivity index (χ0) is 21.2. The molecule has 0 unspecified atom stereocenters. The molecule has 0 aliphatic carbocycles. The van der Waals surface area contributed by atoms with E-state index < -0.39 is 12.1 Å². The summed E-state index contributed by atoms with van der Waals surface area (Å²) in [6.07, 6.45) is 6.30. The van der Waals surface area contributed by atoms with Gasteiger partial charge in [0.25, 0.3) is 5.91 Å². The van der Waals surface area contributed by atoms with Gasteiger partial charge in [0, 0.05) is 24.4 Å². The first kappa shape index (κ1) is 21.0. The summed E-state index contributed by atoms with van der Waals surface area (Å²) in [6, 6.07) is 19.9. The molecule has 0 saturated heterocycles. The van der Waals surface area contributed by atoms with Crippen LogP contribution in [-0.2, 0) is 27.3 Å². The second kappa shape index (κ2) is 10.8. The number of ether oxygens (including phenoxy) is 1. The Balaban J connectivity index is 1.42. The van der Waals surface area contributed by atoms with Gasteiger partial charge in [-0.05, 0) is 30.5 Å². The molecule has 154 valence electrons. The number of esters is 1. The Kier molecular flexibility index (Phi) is 7.55. The lowest BCUT2D eigenvalue weighted by Gasteiger charge is -2.12. The van der Waals surface area contributed by atoms with E-state index in [0.29, 0.717) is 13.1 Å². The predicted molar refractivity (Wildman–Crippen MR) is 116 cm³/mol. The van der Waals surface area contributed by atoms with Crippen molar-refractivity contribution in [3.63, 3.8) is 0 Å². The summed E-state index contributed by atoms with van der Waals surface area (Å²) in [5, 5.41) is 7.07. The van der Waals surface area contributed by atoms with Crippen LogP contribution in [0.4, 0.5) is 0 Å². The van der Waals surface area contributed by atoms with E-state index >= 15 is 0 Å². The highest BCUT2D eigenvalue weighted by Crippen LogP contribution is 2.06. The quantitative estimate of drug-likeness (QED) is 0.440. The van der Waals surface area contributed by atoms with Gasteiger partial charge in [0.05, 0.1) is 12.7 Å². The minimum Gasteiger partial charge on any atom is -0.449 e. The van der Waals surface area contributed by atoms with Gasteiger partial charge in [-0.15, -0.1) is 0 Å². The molecule has 3 rings (SSSR count). The first-order chi connectivity index (χ1) is 14.6. The number of hydrogen-bond acceptors (Lipinski definition) is 4. The van der Waals surface area contributed by atoms with Crippen LogP contribution >= 0.6 is 0 Å². The SMILES string of the molecule is C[C@H](OC(=O)/C=C/c1cnn(Cc2ccccc2)c1)C(=O)NCCc1ccccc1. The lowest BCUT2D eigenvalue weighted by atomic mass is 10.1. The third kappa shape index (κ3) is 6.74. The molecule has 0 aliphatic heterocycles. The largest absolute Gasteiger partial charge is 0.449 e. The fourth-order valence-corrected chi connectivity index (χ4v) is 2.87. The third-order valence-electron chi connectivity index (χ3n) is 4.47. The van der Waals surface area contributed by atoms with Crippen molar-refractivity contribution in [2.75, 3.05) is 6.54 Å². The Bertz CT molecular complexity index is 981. The van der Waals surface area contributed by atoms with Crippen LogP contribution in [0, 0.1) is 0 Å². The summed E-state index contributed by atoms with van der Waals surface area (Å²) in [5.41, 5.74) is 3.06. The van der Waals surface area contributed by atoms with Gasteiger partial charge in [0.15, 0.2) is 6.10 Å². The number of carbonyl (C=O) groups excluding carboxylic acids is 2. The Morgan fingerprint density at radius 2 is 1.73 bits per heavy atom. The number of amides is 1. The van der Waals surface area contributed by atoms with Gasteiger partial charge in [-0.25, -0.2) is 4.79 Å². The van der Waals surface area contributed by atoms with Crippen LogP contribution in [0.5, 0.6) is 0 Å². The summed E-state index contributed by atoms with van der Waals surface area (Å²) < 4.78 is 6.97. The van der Waals surface area contributed by atoms with Crippen LogP contribution in [0.15, 0.2) is 79.1 Å². The smallest absolute Gasteiger partial charge is 0.331 e. The van der Waals surface area contributed by atoms with Crippen LogP contribution < -0.4 is 5.32 Å². The summed E-state index contributed by atoms with van der Waals surface area (Å²) in [5.74, 6) is -0.889. The van der Waals surface area contributed by atoms with Crippen LogP contribution in [0.1, 0.15) is 23.6 Å². The molecule has 1 heterocycles. The van der Waals surface area contributed by atoms with E-state index in [9.17, 15) is 9.59 Å². The van der Waals surface area contributed by atoms with Gasteiger partial charge in [-0.1, -0.05) is 60.7 Å². The Morgan fingerprint density at radius 1 is 1.07 bits per heavy atom. The van der Waals surface area contributed by atoms with Crippen molar-refractivity contribution in [3.8, 4) is 0 Å². The van der Waals surface area contributed by atoms with Gasteiger partial charge < -0.3 is 10.1 Å². The molecular weight excluding hydrogens is 378 g/mol. The number of nitrogens with zero attached hydrogens (tertiary/aromatic N) is 2. The molecule has 0 radical (unpaired) electrons. The Hall–Kier alpha value is -3.67. The van der Waals surface area contributed by atoms with Crippen LogP contribution in [-0.4, -0.2) is 34.3 Å². The predicted octanol–water partition coefficient (Wildman–Crippen LogP) is 3.24. The van der Waals surface area contributed by atoms with E-state index in [-0.39, 0.29) is 5.91 Å². The third-order valence-corrected chi connectivity index (χ3v) is 4.47. The maximum absolute atomic E-state index is 12.1. The van der Waals surface area contributed by atoms with Crippen molar-refractivity contribution in [1.82, 2.24) is 15.1 Å². The molecule has 1 atom stereocenters. The molecule has 0 spiro atoms. The second-order valence-electron chi connectivity index (χ2n) is 6.90. The zero-order valence-corrected chi connectivity index (χ0v) is 16.9. The molecular formula is C24H25N3O3. The molecule has 1 aromatic heterocycles. The topological polar surface area (TPSA) is 73.2 Å². The van der Waals surface area contributed by atoms with Crippen molar-refractivity contribution in [3.05, 3.63) is 95.8 Å². The molecule has 30 heavy (non-hydrogen) atoms. The van der Waals surface area contributed by atoms with Gasteiger partial charge >= 0.3 is 5.97 Å². The molecule has 0 aliphatic rings. The van der Waals surface area contributed by atoms with Crippen LogP contribution in [0.2, 0.25) is 0 Å². The molecule has 2 aromatic carbocycles. The number of carbonyl (C=O) groups is 2. The molecule has 1 N–H and O–H groups in total. The first-order valence-electron chi connectivity index (χ1n) is 9.87. The second-order valence-corrected chi connectivity index (χ2v) is 6.90. The summed E-state index contributed by atoms with van der Waals surface area (Å²) in [7, 11) is 0. The normalized spacial score (nSPS) is 11.9. The van der Waals surface area contributed by atoms with Crippen molar-refractivity contribution in [2.24, 2.45) is 0 Å². The summed E-state index contributed by atoms with van der Waals surface area (Å²) >= 11 is 0. The van der Waals surface area contributed by atoms with E-state index in [4.69, 9.17) is 4.74 Å². The number of rotatable bonds is 9. The average Bonchev–Trinajstić information content (AvgIpc) is 3.21. The number of nitrogens with one attached hydrogen (secondary N) is 1. The average molecular weight is 403 g/mol. The van der Waals surface area contributed by atoms with Gasteiger partial charge in [0.2, 0.25) is 0 Å². The van der Waals surface area contributed by atoms with Crippen LogP contribution in [0.3, 0.4) is 0 Å². The van der Waals surface area contributed by atoms with Gasteiger partial charge in [0.1, 0.15) is 0 Å². The van der Waals surface area contributed by atoms with Crippen molar-refractivity contribution in [2.45, 2.75) is 26.0 Å².